The molecule has 186 valence electrons. The van der Waals surface area contributed by atoms with Crippen LogP contribution in [0.2, 0.25) is 0 Å². The lowest BCUT2D eigenvalue weighted by atomic mass is 10.1. The van der Waals surface area contributed by atoms with Crippen LogP contribution in [0.5, 0.6) is 5.75 Å². The van der Waals surface area contributed by atoms with E-state index in [0.29, 0.717) is 36.2 Å². The molecule has 0 bridgehead atoms. The van der Waals surface area contributed by atoms with Crippen LogP contribution in [0, 0.1) is 0 Å². The van der Waals surface area contributed by atoms with Gasteiger partial charge in [-0.25, -0.2) is 4.98 Å². The second kappa shape index (κ2) is 11.1. The van der Waals surface area contributed by atoms with Crippen LogP contribution in [-0.2, 0) is 16.1 Å². The number of likely N-dealkylation sites (N-methyl/N-ethyl adjacent to an activating group) is 1. The molecule has 1 saturated heterocycles. The van der Waals surface area contributed by atoms with Gasteiger partial charge in [0.15, 0.2) is 10.9 Å². The van der Waals surface area contributed by atoms with E-state index in [-0.39, 0.29) is 17.9 Å². The molecule has 9 nitrogen and oxygen atoms in total. The van der Waals surface area contributed by atoms with Gasteiger partial charge in [-0.2, -0.15) is 0 Å². The summed E-state index contributed by atoms with van der Waals surface area (Å²) in [5, 5.41) is 6.68. The highest BCUT2D eigenvalue weighted by molar-refractivity contribution is 7.23. The summed E-state index contributed by atoms with van der Waals surface area (Å²) in [5.74, 6) is 0.493. The lowest BCUT2D eigenvalue weighted by Gasteiger charge is -2.29. The molecule has 1 aliphatic rings. The lowest BCUT2D eigenvalue weighted by molar-refractivity contribution is -0.122. The summed E-state index contributed by atoms with van der Waals surface area (Å²) in [6.07, 6.45) is -0.351. The number of thiazole rings is 1. The summed E-state index contributed by atoms with van der Waals surface area (Å²) in [6.45, 7) is 5.07. The number of carbonyl (C=O) groups is 2. The standard InChI is InChI=1S/C25H31N5O4S/c1-16(31)23(29(2)3)26-15-17-5-7-18(8-6-17)24(32)28-25-27-21-20(33-4)10-9-19(22(21)35-25)30-11-13-34-14-12-30/h5-10,23,26H,11-15H2,1-4H3,(H,27,28,32). The molecule has 1 atom stereocenters. The molecule has 0 aliphatic carbocycles. The Kier molecular flexibility index (Phi) is 7.97. The monoisotopic (exact) mass is 497 g/mol. The number of aromatic nitrogens is 1. The van der Waals surface area contributed by atoms with Crippen LogP contribution in [-0.4, -0.2) is 75.2 Å². The maximum atomic E-state index is 12.9. The Labute approximate surface area is 209 Å². The largest absolute Gasteiger partial charge is 0.494 e. The average molecular weight is 498 g/mol. The van der Waals surface area contributed by atoms with E-state index < -0.39 is 0 Å². The Morgan fingerprint density at radius 3 is 2.51 bits per heavy atom. The molecule has 3 aromatic rings. The number of carbonyl (C=O) groups excluding carboxylic acids is 2. The fourth-order valence-corrected chi connectivity index (χ4v) is 5.11. The molecule has 0 radical (unpaired) electrons. The van der Waals surface area contributed by atoms with Gasteiger partial charge in [-0.15, -0.1) is 0 Å². The van der Waals surface area contributed by atoms with Crippen molar-refractivity contribution in [3.05, 3.63) is 47.5 Å². The molecule has 4 rings (SSSR count). The number of ether oxygens (including phenoxy) is 2. The number of benzene rings is 2. The minimum Gasteiger partial charge on any atom is -0.494 e. The van der Waals surface area contributed by atoms with E-state index in [0.717, 1.165) is 34.6 Å². The first-order valence-corrected chi connectivity index (χ1v) is 12.3. The molecule has 2 heterocycles. The first-order chi connectivity index (χ1) is 16.9. The van der Waals surface area contributed by atoms with Crippen LogP contribution in [0.25, 0.3) is 10.2 Å². The molecule has 0 spiro atoms. The quantitative estimate of drug-likeness (QED) is 0.436. The normalized spacial score (nSPS) is 14.8. The predicted molar refractivity (Wildman–Crippen MR) is 139 cm³/mol. The minimum atomic E-state index is -0.351. The van der Waals surface area contributed by atoms with Crippen molar-refractivity contribution in [2.24, 2.45) is 0 Å². The van der Waals surface area contributed by atoms with E-state index in [1.165, 1.54) is 11.3 Å². The van der Waals surface area contributed by atoms with Gasteiger partial charge in [0.2, 0.25) is 0 Å². The van der Waals surface area contributed by atoms with E-state index in [4.69, 9.17) is 9.47 Å². The SMILES string of the molecule is COc1ccc(N2CCOCC2)c2sc(NC(=O)c3ccc(CNC(C(C)=O)N(C)C)cc3)nc12. The topological polar surface area (TPSA) is 96.0 Å². The number of morpholine rings is 1. The van der Waals surface area contributed by atoms with Gasteiger partial charge in [0, 0.05) is 25.2 Å². The number of ketones is 1. The van der Waals surface area contributed by atoms with Crippen molar-refractivity contribution in [1.82, 2.24) is 15.2 Å². The number of methoxy groups -OCH3 is 1. The van der Waals surface area contributed by atoms with E-state index >= 15 is 0 Å². The van der Waals surface area contributed by atoms with Gasteiger partial charge < -0.3 is 14.4 Å². The van der Waals surface area contributed by atoms with Gasteiger partial charge in [-0.3, -0.25) is 25.1 Å². The second-order valence-electron chi connectivity index (χ2n) is 8.59. The van der Waals surface area contributed by atoms with Crippen molar-refractivity contribution < 1.29 is 19.1 Å². The summed E-state index contributed by atoms with van der Waals surface area (Å²) in [7, 11) is 5.33. The van der Waals surface area contributed by atoms with Crippen LogP contribution >= 0.6 is 11.3 Å². The Balaban J connectivity index is 1.48. The van der Waals surface area contributed by atoms with Crippen LogP contribution in [0.1, 0.15) is 22.8 Å². The highest BCUT2D eigenvalue weighted by atomic mass is 32.1. The predicted octanol–water partition coefficient (Wildman–Crippen LogP) is 2.96. The molecule has 1 unspecified atom stereocenters. The van der Waals surface area contributed by atoms with Crippen molar-refractivity contribution in [2.45, 2.75) is 19.6 Å². The number of hydrogen-bond acceptors (Lipinski definition) is 9. The van der Waals surface area contributed by atoms with Crippen molar-refractivity contribution in [3.63, 3.8) is 0 Å². The Morgan fingerprint density at radius 1 is 1.17 bits per heavy atom. The van der Waals surface area contributed by atoms with Crippen LogP contribution in [0.4, 0.5) is 10.8 Å². The van der Waals surface area contributed by atoms with Gasteiger partial charge in [-0.05, 0) is 50.8 Å². The third-order valence-electron chi connectivity index (χ3n) is 5.90. The number of anilines is 2. The second-order valence-corrected chi connectivity index (χ2v) is 9.59. The van der Waals surface area contributed by atoms with Gasteiger partial charge in [0.05, 0.1) is 30.7 Å². The summed E-state index contributed by atoms with van der Waals surface area (Å²) in [5.41, 5.74) is 3.32. The number of nitrogens with one attached hydrogen (secondary N) is 2. The first kappa shape index (κ1) is 25.1. The third kappa shape index (κ3) is 5.79. The zero-order valence-electron chi connectivity index (χ0n) is 20.5. The van der Waals surface area contributed by atoms with Crippen molar-refractivity contribution in [1.29, 1.82) is 0 Å². The number of hydrogen-bond donors (Lipinski definition) is 2. The van der Waals surface area contributed by atoms with Gasteiger partial charge in [0.1, 0.15) is 17.4 Å². The fourth-order valence-electron chi connectivity index (χ4n) is 4.09. The number of nitrogens with zero attached hydrogens (tertiary/aromatic N) is 3. The Hall–Kier alpha value is -3.05. The molecule has 1 aromatic heterocycles. The molecule has 1 fully saturated rings. The molecule has 0 saturated carbocycles. The molecular formula is C25H31N5O4S. The summed E-state index contributed by atoms with van der Waals surface area (Å²) >= 11 is 1.44. The summed E-state index contributed by atoms with van der Waals surface area (Å²) < 4.78 is 12.0. The van der Waals surface area contributed by atoms with Crippen LogP contribution < -0.4 is 20.3 Å². The molecule has 2 aromatic carbocycles. The zero-order valence-corrected chi connectivity index (χ0v) is 21.3. The number of fused-ring (bicyclic) bond motifs is 1. The smallest absolute Gasteiger partial charge is 0.257 e. The average Bonchev–Trinajstić information content (AvgIpc) is 3.27. The number of Topliss-reactive ketones (excluding diaryl/α,β-unsaturated/α-hetero) is 1. The third-order valence-corrected chi connectivity index (χ3v) is 6.89. The van der Waals surface area contributed by atoms with Crippen LogP contribution in [0.15, 0.2) is 36.4 Å². The van der Waals surface area contributed by atoms with Crippen LogP contribution in [0.3, 0.4) is 0 Å². The van der Waals surface area contributed by atoms with Gasteiger partial charge in [0.25, 0.3) is 5.91 Å². The lowest BCUT2D eigenvalue weighted by Crippen LogP contribution is -2.46. The Morgan fingerprint density at radius 2 is 1.89 bits per heavy atom. The molecule has 10 heteroatoms. The van der Waals surface area contributed by atoms with E-state index in [1.54, 1.807) is 26.2 Å². The summed E-state index contributed by atoms with van der Waals surface area (Å²) in [6, 6.07) is 11.3. The molecule has 1 amide bonds. The Bertz CT molecular complexity index is 1190. The first-order valence-electron chi connectivity index (χ1n) is 11.5. The highest BCUT2D eigenvalue weighted by Crippen LogP contribution is 2.39. The minimum absolute atomic E-state index is 0.0511. The van der Waals surface area contributed by atoms with Crippen molar-refractivity contribution >= 4 is 44.1 Å². The van der Waals surface area contributed by atoms with Crippen molar-refractivity contribution in [2.75, 3.05) is 57.7 Å². The van der Waals surface area contributed by atoms with Crippen molar-refractivity contribution in [3.8, 4) is 5.75 Å². The molecule has 35 heavy (non-hydrogen) atoms. The fraction of sp³-hybridized carbons (Fsp3) is 0.400. The molecular weight excluding hydrogens is 466 g/mol. The number of rotatable bonds is 9. The zero-order chi connectivity index (χ0) is 24.9. The van der Waals surface area contributed by atoms with Gasteiger partial charge >= 0.3 is 0 Å². The van der Waals surface area contributed by atoms with E-state index in [2.05, 4.69) is 20.5 Å². The highest BCUT2D eigenvalue weighted by Gasteiger charge is 2.20. The van der Waals surface area contributed by atoms with E-state index in [9.17, 15) is 9.59 Å². The van der Waals surface area contributed by atoms with Gasteiger partial charge in [-0.1, -0.05) is 23.5 Å². The number of amides is 1. The molecule has 1 aliphatic heterocycles. The maximum Gasteiger partial charge on any atom is 0.257 e. The molecule has 2 N–H and O–H groups in total. The summed E-state index contributed by atoms with van der Waals surface area (Å²) in [4.78, 5) is 33.4. The van der Waals surface area contributed by atoms with E-state index in [1.807, 2.05) is 43.3 Å². The maximum absolute atomic E-state index is 12.9.